The Labute approximate surface area is 141 Å². The van der Waals surface area contributed by atoms with E-state index in [2.05, 4.69) is 15.3 Å². The molecule has 3 aromatic rings. The normalized spacial score (nSPS) is 12.0. The van der Waals surface area contributed by atoms with Crippen LogP contribution in [0.4, 0.5) is 0 Å². The molecule has 0 saturated heterocycles. The van der Waals surface area contributed by atoms with Crippen molar-refractivity contribution in [2.45, 2.75) is 12.5 Å². The summed E-state index contributed by atoms with van der Waals surface area (Å²) in [5.74, 6) is -0.155. The summed E-state index contributed by atoms with van der Waals surface area (Å²) in [5.41, 5.74) is 2.33. The van der Waals surface area contributed by atoms with Gasteiger partial charge in [0.15, 0.2) is 0 Å². The molecule has 3 heterocycles. The van der Waals surface area contributed by atoms with Crippen molar-refractivity contribution in [1.29, 1.82) is 0 Å². The lowest BCUT2D eigenvalue weighted by molar-refractivity contribution is -0.120. The molecule has 0 fully saturated rings. The first kappa shape index (κ1) is 15.8. The van der Waals surface area contributed by atoms with Crippen LogP contribution in [0.3, 0.4) is 0 Å². The Bertz CT molecular complexity index is 757. The number of carbonyl (C=O) groups excluding carboxylic acids is 1. The molecule has 0 radical (unpaired) electrons. The maximum Gasteiger partial charge on any atom is 0.226 e. The number of aliphatic hydroxyl groups excluding tert-OH is 1. The zero-order chi connectivity index (χ0) is 16.1. The fourth-order valence-electron chi connectivity index (χ4n) is 2.02. The van der Waals surface area contributed by atoms with Gasteiger partial charge in [-0.3, -0.25) is 9.78 Å². The van der Waals surface area contributed by atoms with Gasteiger partial charge in [0.2, 0.25) is 5.91 Å². The van der Waals surface area contributed by atoms with Crippen molar-refractivity contribution in [3.05, 3.63) is 57.9 Å². The summed E-state index contributed by atoms with van der Waals surface area (Å²) in [7, 11) is 0. The first-order chi connectivity index (χ1) is 11.2. The molecule has 2 N–H and O–H groups in total. The summed E-state index contributed by atoms with van der Waals surface area (Å²) in [5, 5.41) is 19.1. The summed E-state index contributed by atoms with van der Waals surface area (Å²) < 4.78 is 0. The van der Waals surface area contributed by atoms with Crippen LogP contribution in [-0.4, -0.2) is 27.5 Å². The van der Waals surface area contributed by atoms with E-state index in [1.165, 1.54) is 22.7 Å². The third-order valence-electron chi connectivity index (χ3n) is 3.20. The van der Waals surface area contributed by atoms with E-state index in [0.29, 0.717) is 5.69 Å². The topological polar surface area (TPSA) is 75.1 Å². The van der Waals surface area contributed by atoms with Crippen LogP contribution in [0.5, 0.6) is 0 Å². The number of thiazole rings is 1. The summed E-state index contributed by atoms with van der Waals surface area (Å²) in [4.78, 5) is 20.6. The van der Waals surface area contributed by atoms with Crippen molar-refractivity contribution in [1.82, 2.24) is 15.3 Å². The number of thiophene rings is 1. The minimum Gasteiger partial charge on any atom is -0.387 e. The summed E-state index contributed by atoms with van der Waals surface area (Å²) in [6, 6.07) is 7.49. The lowest BCUT2D eigenvalue weighted by atomic mass is 10.2. The Morgan fingerprint density at radius 3 is 2.96 bits per heavy atom. The number of aliphatic hydroxyl groups is 1. The second-order valence-electron chi connectivity index (χ2n) is 4.91. The van der Waals surface area contributed by atoms with Crippen molar-refractivity contribution in [2.24, 2.45) is 0 Å². The van der Waals surface area contributed by atoms with Gasteiger partial charge in [-0.15, -0.1) is 11.3 Å². The molecule has 0 aliphatic carbocycles. The average Bonchev–Trinajstić information content (AvgIpc) is 3.25. The number of hydrogen-bond donors (Lipinski definition) is 2. The van der Waals surface area contributed by atoms with Crippen molar-refractivity contribution >= 4 is 28.6 Å². The van der Waals surface area contributed by atoms with Crippen LogP contribution in [-0.2, 0) is 11.2 Å². The summed E-state index contributed by atoms with van der Waals surface area (Å²) in [6.45, 7) is 0.201. The molecule has 0 spiro atoms. The van der Waals surface area contributed by atoms with Gasteiger partial charge >= 0.3 is 0 Å². The molecule has 0 saturated carbocycles. The number of amides is 1. The van der Waals surface area contributed by atoms with Crippen LogP contribution in [0.25, 0.3) is 10.7 Å². The van der Waals surface area contributed by atoms with E-state index in [9.17, 15) is 9.90 Å². The van der Waals surface area contributed by atoms with Crippen LogP contribution in [0, 0.1) is 0 Å². The molecule has 0 aliphatic heterocycles. The second kappa shape index (κ2) is 7.45. The molecule has 1 atom stereocenters. The Hall–Kier alpha value is -2.09. The van der Waals surface area contributed by atoms with Gasteiger partial charge in [0.05, 0.1) is 23.9 Å². The summed E-state index contributed by atoms with van der Waals surface area (Å²) in [6.07, 6.45) is 1.24. The highest BCUT2D eigenvalue weighted by Gasteiger charge is 2.12. The van der Waals surface area contributed by atoms with Crippen LogP contribution < -0.4 is 5.32 Å². The molecule has 3 rings (SSSR count). The van der Waals surface area contributed by atoms with Crippen molar-refractivity contribution in [2.75, 3.05) is 6.54 Å². The number of rotatable bonds is 6. The molecule has 3 aromatic heterocycles. The van der Waals surface area contributed by atoms with Crippen LogP contribution in [0.2, 0.25) is 0 Å². The lowest BCUT2D eigenvalue weighted by Gasteiger charge is -2.09. The lowest BCUT2D eigenvalue weighted by Crippen LogP contribution is -2.29. The minimum atomic E-state index is -0.676. The highest BCUT2D eigenvalue weighted by molar-refractivity contribution is 7.13. The average molecular weight is 345 g/mol. The maximum atomic E-state index is 12.0. The monoisotopic (exact) mass is 345 g/mol. The molecule has 118 valence electrons. The van der Waals surface area contributed by atoms with E-state index in [1.807, 2.05) is 40.4 Å². The SMILES string of the molecule is O=C(Cc1csc(-c2ccccn2)n1)NCC(O)c1ccsc1. The minimum absolute atomic E-state index is 0.155. The number of nitrogens with zero attached hydrogens (tertiary/aromatic N) is 2. The van der Waals surface area contributed by atoms with E-state index >= 15 is 0 Å². The third kappa shape index (κ3) is 4.22. The van der Waals surface area contributed by atoms with Crippen molar-refractivity contribution < 1.29 is 9.90 Å². The molecule has 7 heteroatoms. The van der Waals surface area contributed by atoms with Crippen LogP contribution in [0.1, 0.15) is 17.4 Å². The molecule has 5 nitrogen and oxygen atoms in total. The largest absolute Gasteiger partial charge is 0.387 e. The predicted octanol–water partition coefficient (Wildman–Crippen LogP) is 2.66. The van der Waals surface area contributed by atoms with Gasteiger partial charge in [-0.2, -0.15) is 11.3 Å². The van der Waals surface area contributed by atoms with Gasteiger partial charge < -0.3 is 10.4 Å². The molecule has 23 heavy (non-hydrogen) atoms. The smallest absolute Gasteiger partial charge is 0.226 e. The van der Waals surface area contributed by atoms with E-state index in [4.69, 9.17) is 0 Å². The van der Waals surface area contributed by atoms with Gasteiger partial charge in [-0.1, -0.05) is 6.07 Å². The molecular formula is C16H15N3O2S2. The van der Waals surface area contributed by atoms with Gasteiger partial charge in [0, 0.05) is 18.1 Å². The van der Waals surface area contributed by atoms with Gasteiger partial charge in [0.1, 0.15) is 5.01 Å². The standard InChI is InChI=1S/C16H15N3O2S2/c20-14(11-4-6-22-9-11)8-18-15(21)7-12-10-23-16(19-12)13-3-1-2-5-17-13/h1-6,9-10,14,20H,7-8H2,(H,18,21). The van der Waals surface area contributed by atoms with Gasteiger partial charge in [-0.05, 0) is 34.5 Å². The Morgan fingerprint density at radius 1 is 1.30 bits per heavy atom. The first-order valence-corrected chi connectivity index (χ1v) is 8.87. The Morgan fingerprint density at radius 2 is 2.22 bits per heavy atom. The number of aromatic nitrogens is 2. The van der Waals surface area contributed by atoms with E-state index in [-0.39, 0.29) is 18.9 Å². The highest BCUT2D eigenvalue weighted by Crippen LogP contribution is 2.21. The van der Waals surface area contributed by atoms with E-state index in [0.717, 1.165) is 16.3 Å². The Balaban J connectivity index is 1.53. The zero-order valence-electron chi connectivity index (χ0n) is 12.2. The second-order valence-corrected chi connectivity index (χ2v) is 6.55. The third-order valence-corrected chi connectivity index (χ3v) is 4.81. The molecule has 0 aliphatic rings. The zero-order valence-corrected chi connectivity index (χ0v) is 13.8. The van der Waals surface area contributed by atoms with Crippen LogP contribution >= 0.6 is 22.7 Å². The van der Waals surface area contributed by atoms with Gasteiger partial charge in [-0.25, -0.2) is 4.98 Å². The molecular weight excluding hydrogens is 330 g/mol. The fourth-order valence-corrected chi connectivity index (χ4v) is 3.52. The highest BCUT2D eigenvalue weighted by atomic mass is 32.1. The van der Waals surface area contributed by atoms with Gasteiger partial charge in [0.25, 0.3) is 0 Å². The number of hydrogen-bond acceptors (Lipinski definition) is 6. The van der Waals surface area contributed by atoms with Crippen LogP contribution in [0.15, 0.2) is 46.6 Å². The fraction of sp³-hybridized carbons (Fsp3) is 0.188. The predicted molar refractivity (Wildman–Crippen MR) is 91.3 cm³/mol. The maximum absolute atomic E-state index is 12.0. The first-order valence-electron chi connectivity index (χ1n) is 7.05. The molecule has 0 bridgehead atoms. The van der Waals surface area contributed by atoms with Crippen molar-refractivity contribution in [3.63, 3.8) is 0 Å². The number of pyridine rings is 1. The van der Waals surface area contributed by atoms with E-state index < -0.39 is 6.10 Å². The van der Waals surface area contributed by atoms with Crippen molar-refractivity contribution in [3.8, 4) is 10.7 Å². The molecule has 0 aromatic carbocycles. The Kier molecular flexibility index (Phi) is 5.12. The summed E-state index contributed by atoms with van der Waals surface area (Å²) >= 11 is 2.98. The molecule has 1 amide bonds. The quantitative estimate of drug-likeness (QED) is 0.720. The molecule has 1 unspecified atom stereocenters. The van der Waals surface area contributed by atoms with E-state index in [1.54, 1.807) is 6.20 Å². The number of nitrogens with one attached hydrogen (secondary N) is 1. The number of carbonyl (C=O) groups is 1.